The summed E-state index contributed by atoms with van der Waals surface area (Å²) in [6.45, 7) is 3.27. The van der Waals surface area contributed by atoms with Crippen LogP contribution in [-0.2, 0) is 16.6 Å². The number of aryl methyl sites for hydroxylation is 1. The maximum Gasteiger partial charge on any atom is 0.311 e. The Balaban J connectivity index is 1.47. The third-order valence-corrected chi connectivity index (χ3v) is 8.24. The minimum Gasteiger partial charge on any atom is -0.411 e. The molecule has 1 aliphatic heterocycles. The van der Waals surface area contributed by atoms with Gasteiger partial charge in [0.15, 0.2) is 0 Å². The van der Waals surface area contributed by atoms with Gasteiger partial charge in [0.25, 0.3) is 5.89 Å². The molecule has 176 valence electrons. The van der Waals surface area contributed by atoms with Crippen molar-refractivity contribution in [3.8, 4) is 10.8 Å². The second kappa shape index (κ2) is 9.62. The number of sulfonamides is 1. The van der Waals surface area contributed by atoms with Gasteiger partial charge >= 0.3 is 11.8 Å². The minimum atomic E-state index is -3.74. The van der Waals surface area contributed by atoms with Gasteiger partial charge in [0.2, 0.25) is 10.0 Å². The Morgan fingerprint density at radius 3 is 2.52 bits per heavy atom. The van der Waals surface area contributed by atoms with Crippen LogP contribution < -0.4 is 9.62 Å². The molecule has 1 aromatic carbocycles. The Bertz CT molecular complexity index is 1230. The van der Waals surface area contributed by atoms with Gasteiger partial charge < -0.3 is 14.2 Å². The standard InChI is InChI=1S/C22H27N5O4S2/c1-15-19(33(29,30)23-14-16-7-9-17(10-8-16)26(2)3)13-18(32-15)20-24-25-21(31-20)22(28)27-11-5-4-6-12-27/h7-10,13,23H,4-6,11-12,14H2,1-3H3. The summed E-state index contributed by atoms with van der Waals surface area (Å²) in [5, 5.41) is 7.88. The number of thiophene rings is 1. The number of anilines is 1. The Hall–Kier alpha value is -2.76. The van der Waals surface area contributed by atoms with Crippen LogP contribution in [0.1, 0.15) is 40.4 Å². The molecule has 0 unspecified atom stereocenters. The van der Waals surface area contributed by atoms with Crippen LogP contribution in [0.4, 0.5) is 5.69 Å². The smallest absolute Gasteiger partial charge is 0.311 e. The highest BCUT2D eigenvalue weighted by atomic mass is 32.2. The lowest BCUT2D eigenvalue weighted by atomic mass is 10.1. The van der Waals surface area contributed by atoms with Crippen LogP contribution in [0.25, 0.3) is 10.8 Å². The molecule has 0 spiro atoms. The van der Waals surface area contributed by atoms with E-state index in [0.29, 0.717) is 22.8 Å². The summed E-state index contributed by atoms with van der Waals surface area (Å²) in [4.78, 5) is 17.5. The van der Waals surface area contributed by atoms with Crippen molar-refractivity contribution in [3.63, 3.8) is 0 Å². The van der Waals surface area contributed by atoms with Gasteiger partial charge in [0.05, 0.1) is 9.77 Å². The van der Waals surface area contributed by atoms with Crippen molar-refractivity contribution in [2.24, 2.45) is 0 Å². The molecule has 2 aromatic heterocycles. The molecule has 1 amide bonds. The topological polar surface area (TPSA) is 109 Å². The summed E-state index contributed by atoms with van der Waals surface area (Å²) in [6.07, 6.45) is 3.04. The summed E-state index contributed by atoms with van der Waals surface area (Å²) in [7, 11) is 0.154. The molecule has 11 heteroatoms. The van der Waals surface area contributed by atoms with Crippen LogP contribution in [0.5, 0.6) is 0 Å². The number of likely N-dealkylation sites (tertiary alicyclic amines) is 1. The molecule has 1 N–H and O–H groups in total. The molecule has 3 heterocycles. The average molecular weight is 490 g/mol. The van der Waals surface area contributed by atoms with E-state index >= 15 is 0 Å². The lowest BCUT2D eigenvalue weighted by Gasteiger charge is -2.24. The van der Waals surface area contributed by atoms with E-state index in [1.807, 2.05) is 43.3 Å². The van der Waals surface area contributed by atoms with Crippen molar-refractivity contribution in [3.05, 3.63) is 46.7 Å². The molecule has 1 saturated heterocycles. The fourth-order valence-corrected chi connectivity index (χ4v) is 6.18. The molecule has 33 heavy (non-hydrogen) atoms. The molecule has 4 rings (SSSR count). The maximum atomic E-state index is 12.9. The van der Waals surface area contributed by atoms with Gasteiger partial charge in [-0.2, -0.15) is 0 Å². The van der Waals surface area contributed by atoms with Crippen LogP contribution in [0, 0.1) is 6.92 Å². The molecule has 9 nitrogen and oxygen atoms in total. The fraction of sp³-hybridized carbons (Fsp3) is 0.409. The number of rotatable bonds is 7. The lowest BCUT2D eigenvalue weighted by molar-refractivity contribution is 0.0684. The average Bonchev–Trinajstić information content (AvgIpc) is 3.45. The van der Waals surface area contributed by atoms with E-state index in [1.165, 1.54) is 17.4 Å². The maximum absolute atomic E-state index is 12.9. The molecular formula is C22H27N5O4S2. The fourth-order valence-electron chi connectivity index (χ4n) is 3.65. The van der Waals surface area contributed by atoms with Gasteiger partial charge in [-0.1, -0.05) is 12.1 Å². The third-order valence-electron chi connectivity index (χ3n) is 5.54. The van der Waals surface area contributed by atoms with E-state index in [0.717, 1.165) is 30.5 Å². The number of carbonyl (C=O) groups is 1. The zero-order chi connectivity index (χ0) is 23.6. The van der Waals surface area contributed by atoms with E-state index in [4.69, 9.17) is 4.42 Å². The molecule has 1 fully saturated rings. The molecule has 3 aromatic rings. The monoisotopic (exact) mass is 489 g/mol. The number of benzene rings is 1. The number of nitrogens with one attached hydrogen (secondary N) is 1. The van der Waals surface area contributed by atoms with Crippen molar-refractivity contribution in [1.29, 1.82) is 0 Å². The number of amides is 1. The van der Waals surface area contributed by atoms with Crippen LogP contribution in [0.3, 0.4) is 0 Å². The van der Waals surface area contributed by atoms with E-state index in [-0.39, 0.29) is 29.1 Å². The van der Waals surface area contributed by atoms with Gasteiger partial charge in [-0.05, 0) is 49.9 Å². The Labute approximate surface area is 197 Å². The minimum absolute atomic E-state index is 0.0679. The SMILES string of the molecule is Cc1sc(-c2nnc(C(=O)N3CCCCC3)o2)cc1S(=O)(=O)NCc1ccc(N(C)C)cc1. The van der Waals surface area contributed by atoms with Gasteiger partial charge in [-0.3, -0.25) is 4.79 Å². The van der Waals surface area contributed by atoms with Crippen molar-refractivity contribution < 1.29 is 17.6 Å². The zero-order valence-electron chi connectivity index (χ0n) is 18.9. The van der Waals surface area contributed by atoms with E-state index in [1.54, 1.807) is 11.8 Å². The predicted molar refractivity (Wildman–Crippen MR) is 127 cm³/mol. The Morgan fingerprint density at radius 1 is 1.15 bits per heavy atom. The summed E-state index contributed by atoms with van der Waals surface area (Å²) in [5.74, 6) is -0.206. The number of hydrogen-bond donors (Lipinski definition) is 1. The molecule has 1 aliphatic rings. The number of hydrogen-bond acceptors (Lipinski definition) is 8. The number of aromatic nitrogens is 2. The molecular weight excluding hydrogens is 462 g/mol. The molecule has 0 atom stereocenters. The van der Waals surface area contributed by atoms with Gasteiger partial charge in [0, 0.05) is 44.3 Å². The molecule has 0 bridgehead atoms. The second-order valence-corrected chi connectivity index (χ2v) is 11.2. The lowest BCUT2D eigenvalue weighted by Crippen LogP contribution is -2.35. The molecule has 0 aliphatic carbocycles. The summed E-state index contributed by atoms with van der Waals surface area (Å²) >= 11 is 1.24. The summed E-state index contributed by atoms with van der Waals surface area (Å²) < 4.78 is 34.1. The number of piperidine rings is 1. The Kier molecular flexibility index (Phi) is 6.82. The van der Waals surface area contributed by atoms with Crippen molar-refractivity contribution in [2.75, 3.05) is 32.1 Å². The second-order valence-electron chi connectivity index (χ2n) is 8.18. The summed E-state index contributed by atoms with van der Waals surface area (Å²) in [6, 6.07) is 9.18. The first-order valence-corrected chi connectivity index (χ1v) is 13.0. The highest BCUT2D eigenvalue weighted by Crippen LogP contribution is 2.33. The highest BCUT2D eigenvalue weighted by Gasteiger charge is 2.26. The zero-order valence-corrected chi connectivity index (χ0v) is 20.5. The largest absolute Gasteiger partial charge is 0.411 e. The van der Waals surface area contributed by atoms with Crippen molar-refractivity contribution >= 4 is 33.0 Å². The van der Waals surface area contributed by atoms with Gasteiger partial charge in [0.1, 0.15) is 0 Å². The number of carbonyl (C=O) groups excluding carboxylic acids is 1. The Morgan fingerprint density at radius 2 is 1.85 bits per heavy atom. The van der Waals surface area contributed by atoms with Gasteiger partial charge in [-0.15, -0.1) is 21.5 Å². The molecule has 0 saturated carbocycles. The highest BCUT2D eigenvalue weighted by molar-refractivity contribution is 7.89. The number of nitrogens with zero attached hydrogens (tertiary/aromatic N) is 4. The van der Waals surface area contributed by atoms with E-state index < -0.39 is 10.0 Å². The van der Waals surface area contributed by atoms with Crippen LogP contribution in [0.2, 0.25) is 0 Å². The van der Waals surface area contributed by atoms with E-state index in [2.05, 4.69) is 14.9 Å². The van der Waals surface area contributed by atoms with Crippen LogP contribution >= 0.6 is 11.3 Å². The first-order valence-electron chi connectivity index (χ1n) is 10.7. The predicted octanol–water partition coefficient (Wildman–Crippen LogP) is 3.28. The first kappa shape index (κ1) is 23.4. The van der Waals surface area contributed by atoms with E-state index in [9.17, 15) is 13.2 Å². The van der Waals surface area contributed by atoms with Crippen LogP contribution in [-0.4, -0.2) is 56.6 Å². The summed E-state index contributed by atoms with van der Waals surface area (Å²) in [5.41, 5.74) is 1.90. The quantitative estimate of drug-likeness (QED) is 0.542. The van der Waals surface area contributed by atoms with Crippen LogP contribution in [0.15, 0.2) is 39.6 Å². The van der Waals surface area contributed by atoms with Gasteiger partial charge in [-0.25, -0.2) is 13.1 Å². The van der Waals surface area contributed by atoms with Crippen molar-refractivity contribution in [2.45, 2.75) is 37.6 Å². The van der Waals surface area contributed by atoms with Crippen molar-refractivity contribution in [1.82, 2.24) is 19.8 Å². The normalized spacial score (nSPS) is 14.5. The third kappa shape index (κ3) is 5.26. The first-order chi connectivity index (χ1) is 15.7. The molecule has 0 radical (unpaired) electrons.